The number of allylic oxidation sites excluding steroid dienone is 1. The third-order valence-corrected chi connectivity index (χ3v) is 12.9. The standard InChI is InChI=1S/C38H46ClN5O7S/c1-24-7-5-9-33(48-3)34-27(14-16-50-34)19-44-22-38(15-6-8-25-17-28(39)11-12-30(25)38)23-51-32-13-10-26(18-31(32)44)35(45)41-52(47,21-24)42-36(46)29-20-43(2)40-37(29)49-4/h5,9-13,17-18,20,24,27,33-34H,6-8,14-16,19,21-23H2,1-4H3,(H,41,42,45,46,47)/b9-5+/t24-,27-,33+,34+,38-,52?/m0/s1. The Balaban J connectivity index is 1.32. The monoisotopic (exact) mass is 751 g/mol. The Labute approximate surface area is 310 Å². The van der Waals surface area contributed by atoms with E-state index in [1.165, 1.54) is 29.1 Å². The van der Waals surface area contributed by atoms with E-state index >= 15 is 0 Å². The smallest absolute Gasteiger partial charge is 0.286 e. The van der Waals surface area contributed by atoms with E-state index in [0.29, 0.717) is 38.5 Å². The van der Waals surface area contributed by atoms with E-state index in [2.05, 4.69) is 31.2 Å². The van der Waals surface area contributed by atoms with Crippen molar-refractivity contribution in [3.8, 4) is 11.6 Å². The molecule has 14 heteroatoms. The van der Waals surface area contributed by atoms with E-state index in [9.17, 15) is 13.8 Å². The fraction of sp³-hybridized carbons (Fsp3) is 0.500. The van der Waals surface area contributed by atoms with Crippen LogP contribution in [0.25, 0.3) is 0 Å². The molecule has 12 nitrogen and oxygen atoms in total. The molecule has 0 radical (unpaired) electrons. The van der Waals surface area contributed by atoms with Gasteiger partial charge in [0.15, 0.2) is 0 Å². The largest absolute Gasteiger partial charge is 0.490 e. The summed E-state index contributed by atoms with van der Waals surface area (Å²) in [7, 11) is 1.11. The Bertz CT molecular complexity index is 2010. The average molecular weight is 752 g/mol. The van der Waals surface area contributed by atoms with Crippen molar-refractivity contribution in [3.63, 3.8) is 0 Å². The number of fused-ring (bicyclic) bond motifs is 4. The molecule has 3 aliphatic heterocycles. The second kappa shape index (κ2) is 14.8. The zero-order valence-electron chi connectivity index (χ0n) is 30.0. The Morgan fingerprint density at radius 1 is 1.19 bits per heavy atom. The maximum atomic E-state index is 14.6. The summed E-state index contributed by atoms with van der Waals surface area (Å²) in [6.07, 6.45) is 9.23. The highest BCUT2D eigenvalue weighted by molar-refractivity contribution is 7.92. The average Bonchev–Trinajstić information content (AvgIpc) is 3.70. The summed E-state index contributed by atoms with van der Waals surface area (Å²) in [6, 6.07) is 11.4. The number of benzene rings is 2. The summed E-state index contributed by atoms with van der Waals surface area (Å²) < 4.78 is 47.1. The predicted octanol–water partition coefficient (Wildman–Crippen LogP) is 5.52. The lowest BCUT2D eigenvalue weighted by Crippen LogP contribution is -2.48. The lowest BCUT2D eigenvalue weighted by atomic mass is 9.70. The summed E-state index contributed by atoms with van der Waals surface area (Å²) >= 11 is 6.46. The van der Waals surface area contributed by atoms with E-state index in [0.717, 1.165) is 36.4 Å². The van der Waals surface area contributed by atoms with Gasteiger partial charge in [-0.1, -0.05) is 36.7 Å². The van der Waals surface area contributed by atoms with Crippen molar-refractivity contribution in [1.29, 1.82) is 0 Å². The van der Waals surface area contributed by atoms with Crippen LogP contribution in [0.4, 0.5) is 5.69 Å². The number of aryl methyl sites for hydroxylation is 2. The van der Waals surface area contributed by atoms with E-state index in [1.807, 2.05) is 25.1 Å². The molecule has 2 amide bonds. The molecule has 1 N–H and O–H groups in total. The maximum absolute atomic E-state index is 14.6. The summed E-state index contributed by atoms with van der Waals surface area (Å²) in [5.74, 6) is -0.817. The number of amides is 2. The maximum Gasteiger partial charge on any atom is 0.286 e. The first-order valence-electron chi connectivity index (χ1n) is 17.8. The van der Waals surface area contributed by atoms with Gasteiger partial charge in [-0.15, -0.1) is 9.46 Å². The molecule has 1 aromatic heterocycles. The van der Waals surface area contributed by atoms with Gasteiger partial charge in [0.05, 0.1) is 31.3 Å². The molecule has 1 aliphatic carbocycles. The van der Waals surface area contributed by atoms with E-state index in [4.69, 9.17) is 30.5 Å². The Kier molecular flexibility index (Phi) is 10.4. The molecule has 6 atom stereocenters. The number of carbonyl (C=O) groups is 2. The molecule has 4 heterocycles. The van der Waals surface area contributed by atoms with Gasteiger partial charge in [0, 0.05) is 62.0 Å². The van der Waals surface area contributed by atoms with Gasteiger partial charge >= 0.3 is 0 Å². The molecule has 2 aromatic carbocycles. The predicted molar refractivity (Wildman–Crippen MR) is 199 cm³/mol. The van der Waals surface area contributed by atoms with Gasteiger partial charge in [-0.2, -0.15) is 0 Å². The van der Waals surface area contributed by atoms with Crippen molar-refractivity contribution in [2.45, 2.75) is 56.7 Å². The van der Waals surface area contributed by atoms with Crippen molar-refractivity contribution in [1.82, 2.24) is 14.5 Å². The minimum Gasteiger partial charge on any atom is -0.490 e. The minimum atomic E-state index is -3.62. The summed E-state index contributed by atoms with van der Waals surface area (Å²) in [4.78, 5) is 29.9. The highest BCUT2D eigenvalue weighted by atomic mass is 35.5. The number of halogens is 1. The van der Waals surface area contributed by atoms with Gasteiger partial charge in [-0.25, -0.2) is 4.21 Å². The second-order valence-electron chi connectivity index (χ2n) is 14.5. The number of methoxy groups -OCH3 is 2. The number of aromatic nitrogens is 2. The van der Waals surface area contributed by atoms with E-state index in [1.54, 1.807) is 32.4 Å². The molecular weight excluding hydrogens is 706 g/mol. The first-order valence-corrected chi connectivity index (χ1v) is 19.9. The summed E-state index contributed by atoms with van der Waals surface area (Å²) in [5, 5.41) is 4.86. The third-order valence-electron chi connectivity index (χ3n) is 10.7. The topological polar surface area (TPSA) is 134 Å². The second-order valence-corrected chi connectivity index (χ2v) is 16.9. The van der Waals surface area contributed by atoms with Crippen LogP contribution in [-0.4, -0.2) is 84.3 Å². The Hall–Kier alpha value is -3.91. The number of anilines is 1. The number of nitrogens with one attached hydrogen (secondary N) is 1. The fourth-order valence-electron chi connectivity index (χ4n) is 8.23. The first kappa shape index (κ1) is 36.4. The zero-order chi connectivity index (χ0) is 36.6. The lowest BCUT2D eigenvalue weighted by Gasteiger charge is -2.41. The number of hydrogen-bond acceptors (Lipinski definition) is 9. The quantitative estimate of drug-likeness (QED) is 0.342. The molecule has 278 valence electrons. The summed E-state index contributed by atoms with van der Waals surface area (Å²) in [5.41, 5.74) is 3.24. The molecule has 1 unspecified atom stereocenters. The number of nitrogens with zero attached hydrogens (tertiary/aromatic N) is 4. The molecule has 1 saturated heterocycles. The van der Waals surface area contributed by atoms with Gasteiger partial charge < -0.3 is 23.8 Å². The summed E-state index contributed by atoms with van der Waals surface area (Å²) in [6.45, 7) is 4.28. The molecule has 3 aromatic rings. The van der Waals surface area contributed by atoms with Crippen molar-refractivity contribution in [2.75, 3.05) is 51.2 Å². The number of hydrogen-bond donors (Lipinski definition) is 1. The van der Waals surface area contributed by atoms with Crippen LogP contribution in [0.5, 0.6) is 11.6 Å². The van der Waals surface area contributed by atoms with Gasteiger partial charge in [0.25, 0.3) is 11.8 Å². The van der Waals surface area contributed by atoms with Crippen LogP contribution >= 0.6 is 11.6 Å². The molecular formula is C38H46ClN5O7S. The van der Waals surface area contributed by atoms with Crippen molar-refractivity contribution in [3.05, 3.63) is 82.0 Å². The van der Waals surface area contributed by atoms with E-state index in [-0.39, 0.29) is 52.2 Å². The van der Waals surface area contributed by atoms with Crippen LogP contribution in [0.3, 0.4) is 0 Å². The molecule has 7 rings (SSSR count). The molecule has 52 heavy (non-hydrogen) atoms. The van der Waals surface area contributed by atoms with Crippen LogP contribution in [0.2, 0.25) is 5.02 Å². The number of carbonyl (C=O) groups excluding carboxylic acids is 2. The van der Waals surface area contributed by atoms with Crippen LogP contribution < -0.4 is 19.1 Å². The van der Waals surface area contributed by atoms with Crippen molar-refractivity contribution >= 4 is 39.0 Å². The number of rotatable bonds is 4. The Morgan fingerprint density at radius 3 is 2.85 bits per heavy atom. The van der Waals surface area contributed by atoms with Crippen LogP contribution in [-0.2, 0) is 38.3 Å². The Morgan fingerprint density at radius 2 is 2.04 bits per heavy atom. The van der Waals surface area contributed by atoms with Gasteiger partial charge in [-0.3, -0.25) is 19.0 Å². The van der Waals surface area contributed by atoms with Crippen LogP contribution in [0.15, 0.2) is 59.1 Å². The molecule has 2 bridgehead atoms. The highest BCUT2D eigenvalue weighted by Crippen LogP contribution is 2.45. The SMILES string of the molecule is COc1nn(C)cc1C(=O)NS1(=O)=NC(=O)c2ccc3c(c2)N(C[C@@H]2CCO[C@H]2[C@H](OC)/C=C/C[C@H](C)C1)C[C@@]1(CCCc2cc(Cl)ccc21)CO3. The minimum absolute atomic E-state index is 0.0658. The fourth-order valence-corrected chi connectivity index (χ4v) is 10.3. The van der Waals surface area contributed by atoms with Crippen LogP contribution in [0, 0.1) is 11.8 Å². The normalized spacial score (nSPS) is 29.6. The van der Waals surface area contributed by atoms with Crippen molar-refractivity contribution in [2.24, 2.45) is 23.2 Å². The van der Waals surface area contributed by atoms with E-state index < -0.39 is 21.7 Å². The number of ether oxygens (including phenoxy) is 4. The lowest BCUT2D eigenvalue weighted by molar-refractivity contribution is -0.0173. The molecule has 0 saturated carbocycles. The van der Waals surface area contributed by atoms with Gasteiger partial charge in [-0.05, 0) is 79.5 Å². The first-order chi connectivity index (χ1) is 25.0. The van der Waals surface area contributed by atoms with Crippen LogP contribution in [0.1, 0.15) is 64.4 Å². The molecule has 1 spiro atoms. The van der Waals surface area contributed by atoms with Gasteiger partial charge in [0.1, 0.15) is 27.3 Å². The zero-order valence-corrected chi connectivity index (χ0v) is 31.6. The molecule has 4 aliphatic rings. The molecule has 1 fully saturated rings. The third kappa shape index (κ3) is 7.33. The highest BCUT2D eigenvalue weighted by Gasteiger charge is 2.44. The van der Waals surface area contributed by atoms with Crippen molar-refractivity contribution < 1.29 is 32.7 Å². The van der Waals surface area contributed by atoms with Gasteiger partial charge in [0.2, 0.25) is 5.88 Å².